The fraction of sp³-hybridized carbons (Fsp3) is 0.357. The number of nitrogens with zero attached hydrogens (tertiary/aromatic N) is 3. The molecule has 2 aromatic rings. The molecule has 0 aliphatic rings. The number of pyridine rings is 1. The zero-order chi connectivity index (χ0) is 14.5. The Morgan fingerprint density at radius 3 is 2.90 bits per heavy atom. The summed E-state index contributed by atoms with van der Waals surface area (Å²) in [7, 11) is 3.38. The molecule has 0 fully saturated rings. The molecule has 0 spiro atoms. The summed E-state index contributed by atoms with van der Waals surface area (Å²) in [5, 5.41) is 0. The zero-order valence-electron chi connectivity index (χ0n) is 11.8. The molecule has 0 saturated carbocycles. The average molecular weight is 291 g/mol. The van der Waals surface area contributed by atoms with E-state index in [0.29, 0.717) is 18.7 Å². The number of likely N-dealkylation sites (N-methyl/N-ethyl adjacent to an activating group) is 1. The van der Waals surface area contributed by atoms with Crippen LogP contribution in [0.4, 0.5) is 0 Å². The van der Waals surface area contributed by atoms with Crippen molar-refractivity contribution in [1.82, 2.24) is 14.9 Å². The Balaban J connectivity index is 2.22. The quantitative estimate of drug-likeness (QED) is 0.847. The first-order valence-corrected chi connectivity index (χ1v) is 7.12. The lowest BCUT2D eigenvalue weighted by atomic mass is 10.2. The SMILES string of the molecule is COCCN(C)C(=O)c1ccnc(-c2scnc2C)c1. The fourth-order valence-electron chi connectivity index (χ4n) is 1.79. The van der Waals surface area contributed by atoms with E-state index in [-0.39, 0.29) is 5.91 Å². The van der Waals surface area contributed by atoms with Crippen LogP contribution in [0.1, 0.15) is 16.1 Å². The predicted molar refractivity (Wildman–Crippen MR) is 78.9 cm³/mol. The summed E-state index contributed by atoms with van der Waals surface area (Å²) in [6.45, 7) is 3.02. The van der Waals surface area contributed by atoms with Crippen molar-refractivity contribution in [2.45, 2.75) is 6.92 Å². The third-order valence-corrected chi connectivity index (χ3v) is 3.91. The largest absolute Gasteiger partial charge is 0.383 e. The highest BCUT2D eigenvalue weighted by molar-refractivity contribution is 7.13. The first kappa shape index (κ1) is 14.6. The van der Waals surface area contributed by atoms with Gasteiger partial charge in [-0.3, -0.25) is 9.78 Å². The van der Waals surface area contributed by atoms with Crippen LogP contribution in [0, 0.1) is 6.92 Å². The summed E-state index contributed by atoms with van der Waals surface area (Å²) in [5.74, 6) is -0.0344. The number of methoxy groups -OCH3 is 1. The molecule has 0 atom stereocenters. The maximum Gasteiger partial charge on any atom is 0.253 e. The molecule has 0 aliphatic carbocycles. The number of aromatic nitrogens is 2. The van der Waals surface area contributed by atoms with Gasteiger partial charge in [-0.05, 0) is 19.1 Å². The molecular weight excluding hydrogens is 274 g/mol. The topological polar surface area (TPSA) is 55.3 Å². The number of hydrogen-bond donors (Lipinski definition) is 0. The number of amides is 1. The minimum absolute atomic E-state index is 0.0344. The molecule has 1 amide bonds. The average Bonchev–Trinajstić information content (AvgIpc) is 2.90. The van der Waals surface area contributed by atoms with E-state index in [4.69, 9.17) is 4.74 Å². The number of carbonyl (C=O) groups is 1. The molecule has 0 aliphatic heterocycles. The third-order valence-electron chi connectivity index (χ3n) is 2.96. The van der Waals surface area contributed by atoms with Crippen LogP contribution in [0.3, 0.4) is 0 Å². The lowest BCUT2D eigenvalue weighted by Crippen LogP contribution is -2.29. The Bertz CT molecular complexity index is 598. The Kier molecular flexibility index (Phi) is 4.81. The number of aryl methyl sites for hydroxylation is 1. The Hall–Kier alpha value is -1.79. The van der Waals surface area contributed by atoms with E-state index in [9.17, 15) is 4.79 Å². The summed E-state index contributed by atoms with van der Waals surface area (Å²) in [4.78, 5) is 23.5. The molecule has 0 saturated heterocycles. The van der Waals surface area contributed by atoms with Gasteiger partial charge in [-0.25, -0.2) is 4.98 Å². The molecule has 0 N–H and O–H groups in total. The van der Waals surface area contributed by atoms with Crippen molar-refractivity contribution in [2.24, 2.45) is 0 Å². The van der Waals surface area contributed by atoms with Gasteiger partial charge in [-0.2, -0.15) is 0 Å². The monoisotopic (exact) mass is 291 g/mol. The maximum atomic E-state index is 12.3. The number of thiazole rings is 1. The number of hydrogen-bond acceptors (Lipinski definition) is 5. The van der Waals surface area contributed by atoms with E-state index < -0.39 is 0 Å². The Morgan fingerprint density at radius 1 is 1.45 bits per heavy atom. The van der Waals surface area contributed by atoms with Gasteiger partial charge in [0.15, 0.2) is 0 Å². The highest BCUT2D eigenvalue weighted by Crippen LogP contribution is 2.25. The Labute approximate surface area is 122 Å². The molecule has 5 nitrogen and oxygen atoms in total. The van der Waals surface area contributed by atoms with Crippen LogP contribution in [-0.2, 0) is 4.74 Å². The van der Waals surface area contributed by atoms with Gasteiger partial charge in [0.1, 0.15) is 0 Å². The van der Waals surface area contributed by atoms with Gasteiger partial charge in [-0.15, -0.1) is 11.3 Å². The molecule has 2 aromatic heterocycles. The van der Waals surface area contributed by atoms with Crippen LogP contribution < -0.4 is 0 Å². The van der Waals surface area contributed by atoms with Gasteiger partial charge < -0.3 is 9.64 Å². The van der Waals surface area contributed by atoms with Crippen molar-refractivity contribution in [3.05, 3.63) is 35.1 Å². The number of carbonyl (C=O) groups excluding carboxylic acids is 1. The smallest absolute Gasteiger partial charge is 0.253 e. The Morgan fingerprint density at radius 2 is 2.25 bits per heavy atom. The van der Waals surface area contributed by atoms with Crippen LogP contribution in [0.5, 0.6) is 0 Å². The zero-order valence-corrected chi connectivity index (χ0v) is 12.6. The molecule has 0 bridgehead atoms. The molecule has 2 rings (SSSR count). The minimum Gasteiger partial charge on any atom is -0.383 e. The van der Waals surface area contributed by atoms with E-state index in [1.807, 2.05) is 13.0 Å². The summed E-state index contributed by atoms with van der Waals surface area (Å²) in [6.07, 6.45) is 1.66. The summed E-state index contributed by atoms with van der Waals surface area (Å²) < 4.78 is 4.98. The first-order valence-electron chi connectivity index (χ1n) is 6.24. The number of ether oxygens (including phenoxy) is 1. The van der Waals surface area contributed by atoms with Crippen molar-refractivity contribution in [3.8, 4) is 10.6 Å². The molecule has 0 aromatic carbocycles. The van der Waals surface area contributed by atoms with Gasteiger partial charge in [0.2, 0.25) is 0 Å². The molecule has 2 heterocycles. The van der Waals surface area contributed by atoms with E-state index in [1.54, 1.807) is 36.8 Å². The summed E-state index contributed by atoms with van der Waals surface area (Å²) >= 11 is 1.53. The van der Waals surface area contributed by atoms with E-state index >= 15 is 0 Å². The van der Waals surface area contributed by atoms with Crippen molar-refractivity contribution in [3.63, 3.8) is 0 Å². The maximum absolute atomic E-state index is 12.3. The molecule has 0 unspecified atom stereocenters. The standard InChI is InChI=1S/C14H17N3O2S/c1-10-13(20-9-16-10)12-8-11(4-5-15-12)14(18)17(2)6-7-19-3/h4-5,8-9H,6-7H2,1-3H3. The lowest BCUT2D eigenvalue weighted by molar-refractivity contribution is 0.0744. The van der Waals surface area contributed by atoms with Gasteiger partial charge in [-0.1, -0.05) is 0 Å². The second-order valence-corrected chi connectivity index (χ2v) is 5.27. The van der Waals surface area contributed by atoms with Crippen molar-refractivity contribution >= 4 is 17.2 Å². The normalized spacial score (nSPS) is 10.6. The second-order valence-electron chi connectivity index (χ2n) is 4.42. The van der Waals surface area contributed by atoms with Crippen molar-refractivity contribution in [1.29, 1.82) is 0 Å². The predicted octanol–water partition coefficient (Wildman–Crippen LogP) is 2.23. The van der Waals surface area contributed by atoms with Crippen LogP contribution in [0.25, 0.3) is 10.6 Å². The third kappa shape index (κ3) is 3.20. The van der Waals surface area contributed by atoms with Gasteiger partial charge in [0, 0.05) is 32.5 Å². The van der Waals surface area contributed by atoms with E-state index in [2.05, 4.69) is 9.97 Å². The molecule has 6 heteroatoms. The molecular formula is C14H17N3O2S. The second kappa shape index (κ2) is 6.58. The number of rotatable bonds is 5. The first-order chi connectivity index (χ1) is 9.63. The van der Waals surface area contributed by atoms with Crippen LogP contribution in [-0.4, -0.2) is 48.1 Å². The highest BCUT2D eigenvalue weighted by Gasteiger charge is 2.14. The van der Waals surface area contributed by atoms with E-state index in [0.717, 1.165) is 16.3 Å². The molecule has 20 heavy (non-hydrogen) atoms. The van der Waals surface area contributed by atoms with Gasteiger partial charge in [0.05, 0.1) is 28.4 Å². The van der Waals surface area contributed by atoms with Crippen LogP contribution in [0.15, 0.2) is 23.8 Å². The fourth-order valence-corrected chi connectivity index (χ4v) is 2.56. The van der Waals surface area contributed by atoms with E-state index in [1.165, 1.54) is 11.3 Å². The van der Waals surface area contributed by atoms with Crippen LogP contribution >= 0.6 is 11.3 Å². The minimum atomic E-state index is -0.0344. The summed E-state index contributed by atoms with van der Waals surface area (Å²) in [6, 6.07) is 3.54. The highest BCUT2D eigenvalue weighted by atomic mass is 32.1. The molecule has 0 radical (unpaired) electrons. The van der Waals surface area contributed by atoms with Crippen molar-refractivity contribution in [2.75, 3.05) is 27.3 Å². The van der Waals surface area contributed by atoms with Crippen LogP contribution in [0.2, 0.25) is 0 Å². The summed E-state index contributed by atoms with van der Waals surface area (Å²) in [5.41, 5.74) is 4.13. The lowest BCUT2D eigenvalue weighted by Gasteiger charge is -2.16. The van der Waals surface area contributed by atoms with Crippen molar-refractivity contribution < 1.29 is 9.53 Å². The van der Waals surface area contributed by atoms with Gasteiger partial charge >= 0.3 is 0 Å². The molecule has 106 valence electrons. The van der Waals surface area contributed by atoms with Gasteiger partial charge in [0.25, 0.3) is 5.91 Å².